The van der Waals surface area contributed by atoms with E-state index in [1.54, 1.807) is 7.11 Å². The summed E-state index contributed by atoms with van der Waals surface area (Å²) in [5.74, 6) is 1.34. The third kappa shape index (κ3) is 5.32. The number of hydrogen-bond acceptors (Lipinski definition) is 3. The second-order valence-corrected chi connectivity index (χ2v) is 4.79. The second kappa shape index (κ2) is 7.88. The zero-order valence-corrected chi connectivity index (χ0v) is 11.9. The molecule has 100 valence electrons. The standard InChI is InChI=1S/C15H24N2O/c1-5-13(11-16-10-12(2)3)9-14-7-6-8-15(17-14)18-4/h6-9,12,16H,5,10-11H2,1-4H3/b13-9-. The number of rotatable bonds is 7. The van der Waals surface area contributed by atoms with Gasteiger partial charge in [0, 0.05) is 12.6 Å². The van der Waals surface area contributed by atoms with Gasteiger partial charge in [-0.2, -0.15) is 0 Å². The van der Waals surface area contributed by atoms with Crippen LogP contribution in [0.4, 0.5) is 0 Å². The summed E-state index contributed by atoms with van der Waals surface area (Å²) in [6.07, 6.45) is 3.17. The largest absolute Gasteiger partial charge is 0.481 e. The highest BCUT2D eigenvalue weighted by atomic mass is 16.5. The maximum absolute atomic E-state index is 5.13. The van der Waals surface area contributed by atoms with E-state index in [1.807, 2.05) is 18.2 Å². The van der Waals surface area contributed by atoms with Crippen molar-refractivity contribution < 1.29 is 4.74 Å². The van der Waals surface area contributed by atoms with Gasteiger partial charge in [-0.05, 0) is 31.0 Å². The minimum Gasteiger partial charge on any atom is -0.481 e. The fourth-order valence-electron chi connectivity index (χ4n) is 1.63. The molecule has 0 aliphatic heterocycles. The Kier molecular flexibility index (Phi) is 6.44. The number of nitrogens with one attached hydrogen (secondary N) is 1. The van der Waals surface area contributed by atoms with Crippen LogP contribution in [0.2, 0.25) is 0 Å². The average molecular weight is 248 g/mol. The van der Waals surface area contributed by atoms with Crippen LogP contribution < -0.4 is 10.1 Å². The van der Waals surface area contributed by atoms with E-state index in [9.17, 15) is 0 Å². The first kappa shape index (κ1) is 14.7. The molecule has 1 N–H and O–H groups in total. The molecule has 1 rings (SSSR count). The molecule has 18 heavy (non-hydrogen) atoms. The van der Waals surface area contributed by atoms with Crippen molar-refractivity contribution in [2.24, 2.45) is 5.92 Å². The molecule has 1 heterocycles. The van der Waals surface area contributed by atoms with Crippen LogP contribution in [0.3, 0.4) is 0 Å². The van der Waals surface area contributed by atoms with Gasteiger partial charge >= 0.3 is 0 Å². The summed E-state index contributed by atoms with van der Waals surface area (Å²) >= 11 is 0. The lowest BCUT2D eigenvalue weighted by Gasteiger charge is -2.09. The van der Waals surface area contributed by atoms with E-state index < -0.39 is 0 Å². The quantitative estimate of drug-likeness (QED) is 0.805. The lowest BCUT2D eigenvalue weighted by atomic mass is 10.1. The molecule has 0 bridgehead atoms. The maximum Gasteiger partial charge on any atom is 0.213 e. The lowest BCUT2D eigenvalue weighted by Crippen LogP contribution is -2.21. The molecule has 0 saturated heterocycles. The zero-order valence-electron chi connectivity index (χ0n) is 11.9. The van der Waals surface area contributed by atoms with Gasteiger partial charge in [-0.25, -0.2) is 4.98 Å². The van der Waals surface area contributed by atoms with Gasteiger partial charge in [0.15, 0.2) is 0 Å². The van der Waals surface area contributed by atoms with E-state index in [0.29, 0.717) is 11.8 Å². The van der Waals surface area contributed by atoms with Gasteiger partial charge in [0.2, 0.25) is 5.88 Å². The number of pyridine rings is 1. The van der Waals surface area contributed by atoms with Gasteiger partial charge in [0.05, 0.1) is 12.8 Å². The second-order valence-electron chi connectivity index (χ2n) is 4.79. The van der Waals surface area contributed by atoms with Gasteiger partial charge in [0.1, 0.15) is 0 Å². The molecule has 3 nitrogen and oxygen atoms in total. The van der Waals surface area contributed by atoms with Gasteiger partial charge in [0.25, 0.3) is 0 Å². The van der Waals surface area contributed by atoms with E-state index in [2.05, 4.69) is 37.1 Å². The smallest absolute Gasteiger partial charge is 0.213 e. The number of hydrogen-bond donors (Lipinski definition) is 1. The maximum atomic E-state index is 5.13. The predicted octanol–water partition coefficient (Wildman–Crippen LogP) is 3.13. The first-order chi connectivity index (χ1) is 8.65. The van der Waals surface area contributed by atoms with Gasteiger partial charge in [-0.15, -0.1) is 0 Å². The van der Waals surface area contributed by atoms with Crippen molar-refractivity contribution >= 4 is 6.08 Å². The molecule has 0 aliphatic rings. The Hall–Kier alpha value is -1.35. The third-order valence-electron chi connectivity index (χ3n) is 2.66. The van der Waals surface area contributed by atoms with Crippen molar-refractivity contribution in [2.75, 3.05) is 20.2 Å². The molecule has 1 aromatic heterocycles. The van der Waals surface area contributed by atoms with Crippen molar-refractivity contribution in [1.82, 2.24) is 10.3 Å². The molecule has 0 fully saturated rings. The summed E-state index contributed by atoms with van der Waals surface area (Å²) in [7, 11) is 1.64. The number of nitrogens with zero attached hydrogens (tertiary/aromatic N) is 1. The first-order valence-electron chi connectivity index (χ1n) is 6.57. The van der Waals surface area contributed by atoms with Crippen molar-refractivity contribution in [1.29, 1.82) is 0 Å². The molecular weight excluding hydrogens is 224 g/mol. The summed E-state index contributed by atoms with van der Waals surface area (Å²) in [6, 6.07) is 5.83. The van der Waals surface area contributed by atoms with Crippen LogP contribution in [0.1, 0.15) is 32.9 Å². The minimum absolute atomic E-state index is 0.661. The Morgan fingerprint density at radius 3 is 2.83 bits per heavy atom. The molecule has 0 amide bonds. The molecule has 0 aromatic carbocycles. The summed E-state index contributed by atoms with van der Waals surface area (Å²) in [5, 5.41) is 3.46. The Morgan fingerprint density at radius 2 is 2.22 bits per heavy atom. The topological polar surface area (TPSA) is 34.1 Å². The van der Waals surface area contributed by atoms with Crippen LogP contribution in [-0.4, -0.2) is 25.2 Å². The SMILES string of the molecule is CC/C(=C/c1cccc(OC)n1)CNCC(C)C. The normalized spacial score (nSPS) is 11.9. The number of aromatic nitrogens is 1. The molecule has 0 unspecified atom stereocenters. The summed E-state index contributed by atoms with van der Waals surface area (Å²) in [4.78, 5) is 4.40. The van der Waals surface area contributed by atoms with Crippen LogP contribution in [0.15, 0.2) is 23.8 Å². The monoisotopic (exact) mass is 248 g/mol. The van der Waals surface area contributed by atoms with E-state index >= 15 is 0 Å². The predicted molar refractivity (Wildman–Crippen MR) is 76.8 cm³/mol. The summed E-state index contributed by atoms with van der Waals surface area (Å²) in [5.41, 5.74) is 2.31. The summed E-state index contributed by atoms with van der Waals surface area (Å²) < 4.78 is 5.13. The highest BCUT2D eigenvalue weighted by Gasteiger charge is 1.99. The van der Waals surface area contributed by atoms with Crippen LogP contribution in [0.25, 0.3) is 6.08 Å². The fourth-order valence-corrected chi connectivity index (χ4v) is 1.63. The Morgan fingerprint density at radius 1 is 1.44 bits per heavy atom. The molecular formula is C15H24N2O. The van der Waals surface area contributed by atoms with Crippen molar-refractivity contribution in [3.63, 3.8) is 0 Å². The Labute approximate surface area is 110 Å². The van der Waals surface area contributed by atoms with Crippen LogP contribution in [0, 0.1) is 5.92 Å². The van der Waals surface area contributed by atoms with Crippen LogP contribution in [-0.2, 0) is 0 Å². The lowest BCUT2D eigenvalue weighted by molar-refractivity contribution is 0.397. The minimum atomic E-state index is 0.661. The van der Waals surface area contributed by atoms with E-state index in [1.165, 1.54) is 5.57 Å². The van der Waals surface area contributed by atoms with E-state index in [4.69, 9.17) is 4.74 Å². The molecule has 0 radical (unpaired) electrons. The zero-order chi connectivity index (χ0) is 13.4. The molecule has 0 aliphatic carbocycles. The van der Waals surface area contributed by atoms with Gasteiger partial charge < -0.3 is 10.1 Å². The van der Waals surface area contributed by atoms with Gasteiger partial charge in [-0.3, -0.25) is 0 Å². The number of methoxy groups -OCH3 is 1. The first-order valence-corrected chi connectivity index (χ1v) is 6.57. The summed E-state index contributed by atoms with van der Waals surface area (Å²) in [6.45, 7) is 8.57. The molecule has 3 heteroatoms. The average Bonchev–Trinajstić information content (AvgIpc) is 2.37. The fraction of sp³-hybridized carbons (Fsp3) is 0.533. The van der Waals surface area contributed by atoms with Crippen molar-refractivity contribution in [3.05, 3.63) is 29.5 Å². The molecule has 1 aromatic rings. The Balaban J connectivity index is 2.64. The molecule has 0 spiro atoms. The van der Waals surface area contributed by atoms with Crippen LogP contribution in [0.5, 0.6) is 5.88 Å². The van der Waals surface area contributed by atoms with Crippen LogP contribution >= 0.6 is 0 Å². The van der Waals surface area contributed by atoms with E-state index in [-0.39, 0.29) is 0 Å². The van der Waals surface area contributed by atoms with Gasteiger partial charge in [-0.1, -0.05) is 32.4 Å². The Bertz CT molecular complexity index is 386. The number of ether oxygens (including phenoxy) is 1. The van der Waals surface area contributed by atoms with Crippen molar-refractivity contribution in [2.45, 2.75) is 27.2 Å². The molecule has 0 saturated carbocycles. The molecule has 0 atom stereocenters. The van der Waals surface area contributed by atoms with E-state index in [0.717, 1.165) is 25.2 Å². The highest BCUT2D eigenvalue weighted by molar-refractivity contribution is 5.49. The third-order valence-corrected chi connectivity index (χ3v) is 2.66. The highest BCUT2D eigenvalue weighted by Crippen LogP contribution is 2.11. The van der Waals surface area contributed by atoms with Crippen molar-refractivity contribution in [3.8, 4) is 5.88 Å².